The fourth-order valence-electron chi connectivity index (χ4n) is 3.08. The number of likely N-dealkylation sites (N-methyl/N-ethyl adjacent to an activating group) is 1. The van der Waals surface area contributed by atoms with E-state index in [0.717, 1.165) is 38.3 Å². The maximum atomic E-state index is 12.6. The molecule has 1 aromatic carbocycles. The van der Waals surface area contributed by atoms with E-state index in [0.29, 0.717) is 0 Å². The Morgan fingerprint density at radius 2 is 2.22 bits per heavy atom. The van der Waals surface area contributed by atoms with E-state index >= 15 is 0 Å². The number of para-hydroxylation sites is 1. The van der Waals surface area contributed by atoms with Crippen LogP contribution < -0.4 is 10.6 Å². The lowest BCUT2D eigenvalue weighted by molar-refractivity contribution is -0.127. The largest absolute Gasteiger partial charge is 0.324 e. The van der Waals surface area contributed by atoms with Crippen molar-refractivity contribution in [1.29, 1.82) is 0 Å². The van der Waals surface area contributed by atoms with Crippen molar-refractivity contribution in [2.45, 2.75) is 25.4 Å². The smallest absolute Gasteiger partial charge is 0.246 e. The van der Waals surface area contributed by atoms with Gasteiger partial charge in [0.2, 0.25) is 5.91 Å². The van der Waals surface area contributed by atoms with E-state index in [1.165, 1.54) is 5.56 Å². The van der Waals surface area contributed by atoms with Crippen LogP contribution in [0.3, 0.4) is 0 Å². The molecule has 1 spiro atoms. The molecule has 1 atom stereocenters. The summed E-state index contributed by atoms with van der Waals surface area (Å²) in [5.74, 6) is 0.138. The van der Waals surface area contributed by atoms with E-state index < -0.39 is 0 Å². The zero-order valence-corrected chi connectivity index (χ0v) is 10.7. The molecule has 0 radical (unpaired) electrons. The van der Waals surface area contributed by atoms with Gasteiger partial charge in [-0.05, 0) is 31.1 Å². The van der Waals surface area contributed by atoms with Crippen molar-refractivity contribution in [2.75, 3.05) is 25.0 Å². The summed E-state index contributed by atoms with van der Waals surface area (Å²) in [5, 5.41) is 6.43. The summed E-state index contributed by atoms with van der Waals surface area (Å²) in [6, 6.07) is 8.09. The molecular formula is C14H19N3O. The van der Waals surface area contributed by atoms with Crippen LogP contribution in [-0.4, -0.2) is 36.0 Å². The van der Waals surface area contributed by atoms with Crippen molar-refractivity contribution >= 4 is 11.6 Å². The van der Waals surface area contributed by atoms with Crippen molar-refractivity contribution in [3.05, 3.63) is 29.8 Å². The number of carbonyl (C=O) groups excluding carboxylic acids is 1. The van der Waals surface area contributed by atoms with Crippen LogP contribution >= 0.6 is 0 Å². The highest BCUT2D eigenvalue weighted by atomic mass is 16.2. The Morgan fingerprint density at radius 1 is 1.39 bits per heavy atom. The molecule has 4 nitrogen and oxygen atoms in total. The lowest BCUT2D eigenvalue weighted by atomic mass is 9.95. The standard InChI is InChI=1S/C14H19N3O/c1-2-17-9-11-5-3-4-6-12(11)16-13(18)14(17)7-8-15-10-14/h3-6,15H,2,7-10H2,1H3,(H,16,18). The second-order valence-corrected chi connectivity index (χ2v) is 5.08. The van der Waals surface area contributed by atoms with Gasteiger partial charge in [0.05, 0.1) is 0 Å². The van der Waals surface area contributed by atoms with E-state index in [1.807, 2.05) is 18.2 Å². The predicted molar refractivity (Wildman–Crippen MR) is 71.4 cm³/mol. The number of hydrogen-bond donors (Lipinski definition) is 2. The molecule has 0 bridgehead atoms. The molecule has 0 aromatic heterocycles. The zero-order chi connectivity index (χ0) is 12.6. The van der Waals surface area contributed by atoms with E-state index in [2.05, 4.69) is 28.5 Å². The molecule has 2 aliphatic heterocycles. The fourth-order valence-corrected chi connectivity index (χ4v) is 3.08. The van der Waals surface area contributed by atoms with Gasteiger partial charge in [-0.3, -0.25) is 9.69 Å². The minimum atomic E-state index is -0.367. The number of nitrogens with zero attached hydrogens (tertiary/aromatic N) is 1. The minimum Gasteiger partial charge on any atom is -0.324 e. The monoisotopic (exact) mass is 245 g/mol. The lowest BCUT2D eigenvalue weighted by Crippen LogP contribution is -2.56. The van der Waals surface area contributed by atoms with Gasteiger partial charge in [-0.1, -0.05) is 25.1 Å². The number of fused-ring (bicyclic) bond motifs is 1. The Hall–Kier alpha value is -1.39. The van der Waals surface area contributed by atoms with E-state index in [9.17, 15) is 4.79 Å². The quantitative estimate of drug-likeness (QED) is 0.781. The minimum absolute atomic E-state index is 0.138. The Kier molecular flexibility index (Phi) is 2.84. The van der Waals surface area contributed by atoms with Gasteiger partial charge in [-0.25, -0.2) is 0 Å². The summed E-state index contributed by atoms with van der Waals surface area (Å²) in [7, 11) is 0. The highest BCUT2D eigenvalue weighted by Gasteiger charge is 2.47. The number of nitrogens with one attached hydrogen (secondary N) is 2. The van der Waals surface area contributed by atoms with Crippen molar-refractivity contribution < 1.29 is 4.79 Å². The van der Waals surface area contributed by atoms with Crippen molar-refractivity contribution in [3.63, 3.8) is 0 Å². The number of carbonyl (C=O) groups is 1. The third-order valence-corrected chi connectivity index (χ3v) is 4.17. The maximum Gasteiger partial charge on any atom is 0.246 e. The average Bonchev–Trinajstić information content (AvgIpc) is 2.83. The van der Waals surface area contributed by atoms with Gasteiger partial charge in [0, 0.05) is 18.8 Å². The maximum absolute atomic E-state index is 12.6. The molecule has 1 amide bonds. The number of rotatable bonds is 1. The molecular weight excluding hydrogens is 226 g/mol. The number of hydrogen-bond acceptors (Lipinski definition) is 3. The molecule has 1 fully saturated rings. The molecule has 0 saturated carbocycles. The second kappa shape index (κ2) is 4.37. The molecule has 96 valence electrons. The van der Waals surface area contributed by atoms with Crippen LogP contribution in [0.15, 0.2) is 24.3 Å². The van der Waals surface area contributed by atoms with Gasteiger partial charge in [-0.15, -0.1) is 0 Å². The summed E-state index contributed by atoms with van der Waals surface area (Å²) < 4.78 is 0. The summed E-state index contributed by atoms with van der Waals surface area (Å²) in [4.78, 5) is 14.9. The fraction of sp³-hybridized carbons (Fsp3) is 0.500. The molecule has 1 aromatic rings. The Labute approximate surface area is 107 Å². The van der Waals surface area contributed by atoms with Crippen LogP contribution in [0.5, 0.6) is 0 Å². The average molecular weight is 245 g/mol. The summed E-state index contributed by atoms with van der Waals surface area (Å²) >= 11 is 0. The molecule has 0 aliphatic carbocycles. The van der Waals surface area contributed by atoms with Gasteiger partial charge in [0.1, 0.15) is 5.54 Å². The van der Waals surface area contributed by atoms with E-state index in [-0.39, 0.29) is 11.4 Å². The Bertz CT molecular complexity index is 466. The first kappa shape index (κ1) is 11.7. The topological polar surface area (TPSA) is 44.4 Å². The number of amides is 1. The first-order valence-corrected chi connectivity index (χ1v) is 6.61. The molecule has 4 heteroatoms. The van der Waals surface area contributed by atoms with E-state index in [4.69, 9.17) is 0 Å². The Balaban J connectivity index is 2.03. The zero-order valence-electron chi connectivity index (χ0n) is 10.7. The highest BCUT2D eigenvalue weighted by molar-refractivity contribution is 5.99. The van der Waals surface area contributed by atoms with Gasteiger partial charge in [0.25, 0.3) is 0 Å². The third-order valence-electron chi connectivity index (χ3n) is 4.17. The van der Waals surface area contributed by atoms with Gasteiger partial charge in [-0.2, -0.15) is 0 Å². The molecule has 2 aliphatic rings. The first-order valence-electron chi connectivity index (χ1n) is 6.61. The van der Waals surface area contributed by atoms with E-state index in [1.54, 1.807) is 0 Å². The second-order valence-electron chi connectivity index (χ2n) is 5.08. The summed E-state index contributed by atoms with van der Waals surface area (Å²) in [6.07, 6.45) is 0.890. The van der Waals surface area contributed by atoms with Crippen LogP contribution in [0.2, 0.25) is 0 Å². The number of anilines is 1. The van der Waals surface area contributed by atoms with Crippen LogP contribution in [0.4, 0.5) is 5.69 Å². The Morgan fingerprint density at radius 3 is 2.94 bits per heavy atom. The summed E-state index contributed by atoms with van der Waals surface area (Å²) in [5.41, 5.74) is 1.80. The van der Waals surface area contributed by atoms with Crippen LogP contribution in [0.25, 0.3) is 0 Å². The predicted octanol–water partition coefficient (Wildman–Crippen LogP) is 1.19. The SMILES string of the molecule is CCN1Cc2ccccc2NC(=O)C12CCNC2. The number of benzene rings is 1. The van der Waals surface area contributed by atoms with Crippen LogP contribution in [-0.2, 0) is 11.3 Å². The molecule has 1 unspecified atom stereocenters. The van der Waals surface area contributed by atoms with Crippen LogP contribution in [0, 0.1) is 0 Å². The molecule has 1 saturated heterocycles. The van der Waals surface area contributed by atoms with Crippen molar-refractivity contribution in [2.24, 2.45) is 0 Å². The van der Waals surface area contributed by atoms with Crippen molar-refractivity contribution in [3.8, 4) is 0 Å². The van der Waals surface area contributed by atoms with Crippen molar-refractivity contribution in [1.82, 2.24) is 10.2 Å². The normalized spacial score (nSPS) is 27.9. The van der Waals surface area contributed by atoms with Gasteiger partial charge in [0.15, 0.2) is 0 Å². The summed E-state index contributed by atoms with van der Waals surface area (Å²) in [6.45, 7) is 5.53. The molecule has 3 rings (SSSR count). The van der Waals surface area contributed by atoms with Gasteiger partial charge >= 0.3 is 0 Å². The van der Waals surface area contributed by atoms with Crippen LogP contribution in [0.1, 0.15) is 18.9 Å². The first-order chi connectivity index (χ1) is 8.76. The van der Waals surface area contributed by atoms with Gasteiger partial charge < -0.3 is 10.6 Å². The highest BCUT2D eigenvalue weighted by Crippen LogP contribution is 2.32. The molecule has 18 heavy (non-hydrogen) atoms. The lowest BCUT2D eigenvalue weighted by Gasteiger charge is -2.36. The third kappa shape index (κ3) is 1.64. The molecule has 2 heterocycles. The molecule has 2 N–H and O–H groups in total.